The average molecular weight is 272 g/mol. The predicted octanol–water partition coefficient (Wildman–Crippen LogP) is 0.948. The van der Waals surface area contributed by atoms with Gasteiger partial charge in [-0.15, -0.1) is 0 Å². The zero-order valence-corrected chi connectivity index (χ0v) is 11.3. The second kappa shape index (κ2) is 9.29. The minimum atomic E-state index is -0.444. The second-order valence-electron chi connectivity index (χ2n) is 3.96. The molecular formula is C13H20O6. The highest BCUT2D eigenvalue weighted by atomic mass is 16.8. The Kier molecular flexibility index (Phi) is 8.48. The number of hydrogen-bond acceptors (Lipinski definition) is 6. The van der Waals surface area contributed by atoms with Crippen LogP contribution in [0.3, 0.4) is 0 Å². The molecule has 0 aliphatic carbocycles. The highest BCUT2D eigenvalue weighted by Crippen LogP contribution is 2.11. The Bertz CT molecular complexity index is 330. The monoisotopic (exact) mass is 272 g/mol. The number of carbonyl (C=O) groups is 2. The lowest BCUT2D eigenvalue weighted by atomic mass is 10.3. The van der Waals surface area contributed by atoms with Crippen molar-refractivity contribution in [3.63, 3.8) is 0 Å². The first-order chi connectivity index (χ1) is 8.86. The predicted molar refractivity (Wildman–Crippen MR) is 68.1 cm³/mol. The Morgan fingerprint density at radius 1 is 1.58 bits per heavy atom. The normalized spacial score (nSPS) is 17.3. The maximum atomic E-state index is 10.6. The lowest BCUT2D eigenvalue weighted by Crippen LogP contribution is -2.08. The lowest BCUT2D eigenvalue weighted by Gasteiger charge is -2.02. The van der Waals surface area contributed by atoms with Crippen molar-refractivity contribution in [1.29, 1.82) is 0 Å². The summed E-state index contributed by atoms with van der Waals surface area (Å²) in [5.41, 5.74) is 0.408. The van der Waals surface area contributed by atoms with Crippen molar-refractivity contribution < 1.29 is 28.9 Å². The molecule has 1 aliphatic heterocycles. The van der Waals surface area contributed by atoms with E-state index in [1.54, 1.807) is 13.8 Å². The molecule has 0 bridgehead atoms. The number of carbonyl (C=O) groups excluding carboxylic acids is 2. The number of esters is 2. The van der Waals surface area contributed by atoms with E-state index in [2.05, 4.69) is 27.4 Å². The lowest BCUT2D eigenvalue weighted by molar-refractivity contribution is -0.143. The van der Waals surface area contributed by atoms with Gasteiger partial charge in [-0.25, -0.2) is 9.59 Å². The first-order valence-corrected chi connectivity index (χ1v) is 5.82. The Morgan fingerprint density at radius 3 is 2.53 bits per heavy atom. The molecule has 0 radical (unpaired) electrons. The van der Waals surface area contributed by atoms with E-state index in [0.717, 1.165) is 6.08 Å². The second-order valence-corrected chi connectivity index (χ2v) is 3.96. The van der Waals surface area contributed by atoms with E-state index in [4.69, 9.17) is 5.11 Å². The fourth-order valence-electron chi connectivity index (χ4n) is 0.716. The molecule has 2 atom stereocenters. The van der Waals surface area contributed by atoms with Crippen LogP contribution in [-0.4, -0.2) is 42.7 Å². The standard InChI is InChI=1S/C7H12O3.C6H8O3/c1-3-7(9)10-5-4-6(2)8;1-4(2)6(7)9-5-3-8-5/h3,6,8H,1,4-5H2,2H3;5H,1,3H2,2H3. The molecule has 1 aliphatic rings. The molecule has 0 aromatic rings. The maximum absolute atomic E-state index is 10.6. The van der Waals surface area contributed by atoms with Gasteiger partial charge in [0, 0.05) is 18.1 Å². The molecule has 1 fully saturated rings. The van der Waals surface area contributed by atoms with Crippen molar-refractivity contribution in [2.24, 2.45) is 0 Å². The smallest absolute Gasteiger partial charge is 0.335 e. The highest BCUT2D eigenvalue weighted by molar-refractivity contribution is 5.87. The van der Waals surface area contributed by atoms with Crippen molar-refractivity contribution in [3.05, 3.63) is 24.8 Å². The summed E-state index contributed by atoms with van der Waals surface area (Å²) in [6, 6.07) is 0. The number of hydrogen-bond donors (Lipinski definition) is 1. The number of rotatable bonds is 6. The summed E-state index contributed by atoms with van der Waals surface area (Å²) in [5.74, 6) is -0.821. The van der Waals surface area contributed by atoms with Gasteiger partial charge >= 0.3 is 11.9 Å². The van der Waals surface area contributed by atoms with Gasteiger partial charge in [0.05, 0.1) is 12.7 Å². The van der Waals surface area contributed by atoms with Gasteiger partial charge in [0.2, 0.25) is 6.29 Å². The summed E-state index contributed by atoms with van der Waals surface area (Å²) in [6.45, 7) is 10.6. The van der Waals surface area contributed by atoms with E-state index in [0.29, 0.717) is 18.6 Å². The van der Waals surface area contributed by atoms with Gasteiger partial charge in [-0.1, -0.05) is 13.2 Å². The molecule has 0 spiro atoms. The molecular weight excluding hydrogens is 252 g/mol. The minimum Gasteiger partial charge on any atom is -0.462 e. The van der Waals surface area contributed by atoms with Crippen molar-refractivity contribution in [2.75, 3.05) is 13.2 Å². The highest BCUT2D eigenvalue weighted by Gasteiger charge is 2.27. The summed E-state index contributed by atoms with van der Waals surface area (Å²) < 4.78 is 13.9. The number of aliphatic hydroxyl groups excluding tert-OH is 1. The quantitative estimate of drug-likeness (QED) is 0.440. The molecule has 2 unspecified atom stereocenters. The molecule has 0 amide bonds. The molecule has 1 heterocycles. The molecule has 6 nitrogen and oxygen atoms in total. The molecule has 0 aromatic heterocycles. The summed E-state index contributed by atoms with van der Waals surface area (Å²) in [4.78, 5) is 21.0. The molecule has 19 heavy (non-hydrogen) atoms. The largest absolute Gasteiger partial charge is 0.462 e. The van der Waals surface area contributed by atoms with Crippen LogP contribution in [0, 0.1) is 0 Å². The fraction of sp³-hybridized carbons (Fsp3) is 0.538. The van der Waals surface area contributed by atoms with Crippen molar-refractivity contribution in [1.82, 2.24) is 0 Å². The van der Waals surface area contributed by atoms with E-state index in [-0.39, 0.29) is 18.9 Å². The summed E-state index contributed by atoms with van der Waals surface area (Å²) >= 11 is 0. The van der Waals surface area contributed by atoms with Gasteiger partial charge in [0.25, 0.3) is 0 Å². The zero-order valence-electron chi connectivity index (χ0n) is 11.3. The van der Waals surface area contributed by atoms with Gasteiger partial charge in [0.15, 0.2) is 0 Å². The van der Waals surface area contributed by atoms with Crippen molar-refractivity contribution in [3.8, 4) is 0 Å². The summed E-state index contributed by atoms with van der Waals surface area (Å²) in [6.07, 6.45) is 0.855. The molecule has 6 heteroatoms. The van der Waals surface area contributed by atoms with E-state index in [9.17, 15) is 9.59 Å². The van der Waals surface area contributed by atoms with Crippen molar-refractivity contribution in [2.45, 2.75) is 32.7 Å². The van der Waals surface area contributed by atoms with E-state index in [1.165, 1.54) is 0 Å². The molecule has 108 valence electrons. The van der Waals surface area contributed by atoms with Crippen LogP contribution >= 0.6 is 0 Å². The maximum Gasteiger partial charge on any atom is 0.335 e. The number of epoxide rings is 1. The first kappa shape index (κ1) is 17.3. The van der Waals surface area contributed by atoms with Crippen molar-refractivity contribution >= 4 is 11.9 Å². The third-order valence-electron chi connectivity index (χ3n) is 1.84. The molecule has 1 saturated heterocycles. The molecule has 0 aromatic carbocycles. The Balaban J connectivity index is 0.000000342. The Labute approximate surface area is 112 Å². The van der Waals surface area contributed by atoms with Gasteiger partial charge in [0.1, 0.15) is 6.61 Å². The number of ether oxygens (including phenoxy) is 3. The van der Waals surface area contributed by atoms with Crippen LogP contribution in [0.2, 0.25) is 0 Å². The van der Waals surface area contributed by atoms with Gasteiger partial charge in [-0.05, 0) is 13.8 Å². The summed E-state index contributed by atoms with van der Waals surface area (Å²) in [7, 11) is 0. The fourth-order valence-corrected chi connectivity index (χ4v) is 0.716. The molecule has 0 saturated carbocycles. The first-order valence-electron chi connectivity index (χ1n) is 5.82. The molecule has 1 N–H and O–H groups in total. The SMILES string of the molecule is C=C(C)C(=O)OC1CO1.C=CC(=O)OCCC(C)O. The van der Waals surface area contributed by atoms with Crippen LogP contribution in [0.5, 0.6) is 0 Å². The Hall–Kier alpha value is -1.66. The van der Waals surface area contributed by atoms with Crippen LogP contribution in [0.1, 0.15) is 20.3 Å². The molecule has 1 rings (SSSR count). The van der Waals surface area contributed by atoms with Gasteiger partial charge in [-0.3, -0.25) is 0 Å². The minimum absolute atomic E-state index is 0.252. The Morgan fingerprint density at radius 2 is 2.16 bits per heavy atom. The third-order valence-corrected chi connectivity index (χ3v) is 1.84. The van der Waals surface area contributed by atoms with Crippen LogP contribution in [0.4, 0.5) is 0 Å². The van der Waals surface area contributed by atoms with Gasteiger partial charge in [-0.2, -0.15) is 0 Å². The summed E-state index contributed by atoms with van der Waals surface area (Å²) in [5, 5.41) is 8.72. The van der Waals surface area contributed by atoms with E-state index < -0.39 is 12.1 Å². The number of aliphatic hydroxyl groups is 1. The van der Waals surface area contributed by atoms with Crippen LogP contribution in [0.15, 0.2) is 24.8 Å². The van der Waals surface area contributed by atoms with E-state index in [1.807, 2.05) is 0 Å². The van der Waals surface area contributed by atoms with Crippen LogP contribution in [-0.2, 0) is 23.8 Å². The zero-order chi connectivity index (χ0) is 14.8. The van der Waals surface area contributed by atoms with E-state index >= 15 is 0 Å². The van der Waals surface area contributed by atoms with Crippen LogP contribution in [0.25, 0.3) is 0 Å². The average Bonchev–Trinajstić information content (AvgIpc) is 3.13. The third kappa shape index (κ3) is 11.2. The van der Waals surface area contributed by atoms with Crippen LogP contribution < -0.4 is 0 Å². The van der Waals surface area contributed by atoms with Gasteiger partial charge < -0.3 is 19.3 Å². The topological polar surface area (TPSA) is 85.4 Å².